The van der Waals surface area contributed by atoms with Crippen LogP contribution in [0, 0.1) is 11.6 Å². The molecule has 1 fully saturated rings. The van der Waals surface area contributed by atoms with Gasteiger partial charge < -0.3 is 10.2 Å². The van der Waals surface area contributed by atoms with Crippen molar-refractivity contribution in [1.82, 2.24) is 0 Å². The Bertz CT molecular complexity index is 767. The van der Waals surface area contributed by atoms with Crippen molar-refractivity contribution in [1.29, 1.82) is 0 Å². The van der Waals surface area contributed by atoms with Crippen LogP contribution in [0.2, 0.25) is 0 Å². The molecule has 0 aliphatic heterocycles. The maximum Gasteiger partial charge on any atom is 0.127 e. The fourth-order valence-corrected chi connectivity index (χ4v) is 3.04. The second-order valence-electron chi connectivity index (χ2n) is 6.38. The van der Waals surface area contributed by atoms with Crippen LogP contribution in [0.3, 0.4) is 0 Å². The van der Waals surface area contributed by atoms with Gasteiger partial charge in [0.25, 0.3) is 0 Å². The summed E-state index contributed by atoms with van der Waals surface area (Å²) in [5.74, 6) is -1.31. The van der Waals surface area contributed by atoms with E-state index in [1.807, 2.05) is 0 Å². The van der Waals surface area contributed by atoms with Gasteiger partial charge in [-0.15, -0.1) is 0 Å². The summed E-state index contributed by atoms with van der Waals surface area (Å²) in [6.45, 7) is 0. The molecule has 6 heteroatoms. The van der Waals surface area contributed by atoms with Crippen molar-refractivity contribution in [3.05, 3.63) is 59.2 Å². The number of aromatic hydroxyl groups is 2. The lowest BCUT2D eigenvalue weighted by atomic mass is 9.91. The van der Waals surface area contributed by atoms with Crippen molar-refractivity contribution < 1.29 is 19.0 Å². The molecular weight excluding hydrogens is 338 g/mol. The predicted octanol–water partition coefficient (Wildman–Crippen LogP) is 4.23. The van der Waals surface area contributed by atoms with E-state index in [9.17, 15) is 19.0 Å². The Labute approximate surface area is 150 Å². The van der Waals surface area contributed by atoms with Gasteiger partial charge in [-0.05, 0) is 37.1 Å². The van der Waals surface area contributed by atoms with Crippen LogP contribution in [0.1, 0.15) is 36.8 Å². The first-order valence-corrected chi connectivity index (χ1v) is 8.56. The van der Waals surface area contributed by atoms with Crippen LogP contribution in [0.4, 0.5) is 8.78 Å². The molecule has 26 heavy (non-hydrogen) atoms. The van der Waals surface area contributed by atoms with Crippen LogP contribution in [0.5, 0.6) is 11.5 Å². The summed E-state index contributed by atoms with van der Waals surface area (Å²) in [6.07, 6.45) is 6.87. The Kier molecular flexibility index (Phi) is 5.61. The maximum atomic E-state index is 13.1. The molecule has 0 heterocycles. The number of aliphatic imine (C=N–C) groups is 2. The Morgan fingerprint density at radius 2 is 1.19 bits per heavy atom. The molecule has 4 nitrogen and oxygen atoms in total. The van der Waals surface area contributed by atoms with E-state index in [0.29, 0.717) is 11.1 Å². The molecule has 2 aromatic carbocycles. The molecule has 0 radical (unpaired) electrons. The zero-order valence-electron chi connectivity index (χ0n) is 14.1. The zero-order chi connectivity index (χ0) is 18.5. The van der Waals surface area contributed by atoms with E-state index in [4.69, 9.17) is 0 Å². The number of hydrogen-bond donors (Lipinski definition) is 2. The molecule has 0 aromatic heterocycles. The third-order valence-electron chi connectivity index (χ3n) is 4.49. The fraction of sp³-hybridized carbons (Fsp3) is 0.300. The van der Waals surface area contributed by atoms with Crippen molar-refractivity contribution in [2.45, 2.75) is 37.8 Å². The minimum Gasteiger partial charge on any atom is -0.507 e. The molecular formula is C20H20F2N2O2. The monoisotopic (exact) mass is 358 g/mol. The van der Waals surface area contributed by atoms with Gasteiger partial charge in [-0.1, -0.05) is 12.8 Å². The van der Waals surface area contributed by atoms with Crippen LogP contribution < -0.4 is 0 Å². The first kappa shape index (κ1) is 18.0. The van der Waals surface area contributed by atoms with Gasteiger partial charge in [0.15, 0.2) is 0 Å². The largest absolute Gasteiger partial charge is 0.507 e. The van der Waals surface area contributed by atoms with E-state index in [1.54, 1.807) is 12.4 Å². The Morgan fingerprint density at radius 3 is 1.58 bits per heavy atom. The van der Waals surface area contributed by atoms with Gasteiger partial charge in [-0.25, -0.2) is 8.78 Å². The average Bonchev–Trinajstić information content (AvgIpc) is 2.61. The van der Waals surface area contributed by atoms with Gasteiger partial charge in [-0.3, -0.25) is 9.98 Å². The number of rotatable bonds is 4. The summed E-state index contributed by atoms with van der Waals surface area (Å²) in [5.41, 5.74) is 0.909. The van der Waals surface area contributed by atoms with Crippen LogP contribution >= 0.6 is 0 Å². The Hall–Kier alpha value is -2.76. The Morgan fingerprint density at radius 1 is 0.769 bits per heavy atom. The minimum absolute atomic E-state index is 0.0629. The molecule has 2 atom stereocenters. The lowest BCUT2D eigenvalue weighted by Crippen LogP contribution is -2.27. The number of phenols is 2. The van der Waals surface area contributed by atoms with E-state index in [0.717, 1.165) is 37.8 Å². The number of nitrogens with zero attached hydrogens (tertiary/aromatic N) is 2. The van der Waals surface area contributed by atoms with E-state index >= 15 is 0 Å². The predicted molar refractivity (Wildman–Crippen MR) is 97.4 cm³/mol. The molecule has 3 rings (SSSR count). The fourth-order valence-electron chi connectivity index (χ4n) is 3.04. The molecule has 0 bridgehead atoms. The molecule has 1 aliphatic carbocycles. The summed E-state index contributed by atoms with van der Waals surface area (Å²) in [6, 6.07) is 7.48. The normalized spacial score (nSPS) is 20.8. The summed E-state index contributed by atoms with van der Waals surface area (Å²) in [5, 5.41) is 19.5. The summed E-state index contributed by atoms with van der Waals surface area (Å²) in [4.78, 5) is 9.06. The van der Waals surface area contributed by atoms with E-state index in [1.165, 1.54) is 24.3 Å². The molecule has 2 N–H and O–H groups in total. The Balaban J connectivity index is 1.75. The molecule has 1 aliphatic rings. The van der Waals surface area contributed by atoms with Crippen LogP contribution in [0.25, 0.3) is 0 Å². The van der Waals surface area contributed by atoms with Crippen molar-refractivity contribution in [3.63, 3.8) is 0 Å². The zero-order valence-corrected chi connectivity index (χ0v) is 14.1. The van der Waals surface area contributed by atoms with Gasteiger partial charge in [0, 0.05) is 35.7 Å². The van der Waals surface area contributed by atoms with Crippen molar-refractivity contribution in [2.75, 3.05) is 0 Å². The highest BCUT2D eigenvalue weighted by molar-refractivity contribution is 5.84. The van der Waals surface area contributed by atoms with Crippen molar-refractivity contribution >= 4 is 12.4 Å². The molecule has 0 amide bonds. The van der Waals surface area contributed by atoms with Crippen LogP contribution in [0.15, 0.2) is 46.4 Å². The first-order chi connectivity index (χ1) is 12.5. The van der Waals surface area contributed by atoms with E-state index < -0.39 is 11.6 Å². The van der Waals surface area contributed by atoms with Gasteiger partial charge in [0.1, 0.15) is 23.1 Å². The highest BCUT2D eigenvalue weighted by Crippen LogP contribution is 2.25. The minimum atomic E-state index is -0.501. The molecule has 0 spiro atoms. The SMILES string of the molecule is Oc1cc(F)ccc1C=N[C@H]1CCCC[C@@H]1N=Cc1ccc(F)cc1O. The van der Waals surface area contributed by atoms with Gasteiger partial charge in [0.05, 0.1) is 12.1 Å². The second-order valence-corrected chi connectivity index (χ2v) is 6.38. The van der Waals surface area contributed by atoms with Gasteiger partial charge in [-0.2, -0.15) is 0 Å². The number of phenolic OH excluding ortho intramolecular Hbond substituents is 2. The lowest BCUT2D eigenvalue weighted by Gasteiger charge is -2.25. The van der Waals surface area contributed by atoms with Gasteiger partial charge in [0.2, 0.25) is 0 Å². The lowest BCUT2D eigenvalue weighted by molar-refractivity contribution is 0.390. The van der Waals surface area contributed by atoms with E-state index in [-0.39, 0.29) is 23.6 Å². The molecule has 1 saturated carbocycles. The van der Waals surface area contributed by atoms with E-state index in [2.05, 4.69) is 9.98 Å². The van der Waals surface area contributed by atoms with Crippen LogP contribution in [-0.4, -0.2) is 34.7 Å². The van der Waals surface area contributed by atoms with Gasteiger partial charge >= 0.3 is 0 Å². The molecule has 136 valence electrons. The van der Waals surface area contributed by atoms with Crippen molar-refractivity contribution in [2.24, 2.45) is 9.98 Å². The van der Waals surface area contributed by atoms with Crippen molar-refractivity contribution in [3.8, 4) is 11.5 Å². The number of hydrogen-bond acceptors (Lipinski definition) is 4. The number of benzene rings is 2. The quantitative estimate of drug-likeness (QED) is 0.804. The topological polar surface area (TPSA) is 65.2 Å². The third-order valence-corrected chi connectivity index (χ3v) is 4.49. The smallest absolute Gasteiger partial charge is 0.127 e. The summed E-state index contributed by atoms with van der Waals surface area (Å²) >= 11 is 0. The van der Waals surface area contributed by atoms with Crippen LogP contribution in [-0.2, 0) is 0 Å². The average molecular weight is 358 g/mol. The summed E-state index contributed by atoms with van der Waals surface area (Å²) < 4.78 is 26.1. The molecule has 2 aromatic rings. The highest BCUT2D eigenvalue weighted by atomic mass is 19.1. The third kappa shape index (κ3) is 4.45. The maximum absolute atomic E-state index is 13.1. The summed E-state index contributed by atoms with van der Waals surface area (Å²) in [7, 11) is 0. The first-order valence-electron chi connectivity index (χ1n) is 8.56. The number of halogens is 2. The highest BCUT2D eigenvalue weighted by Gasteiger charge is 2.23. The molecule has 0 saturated heterocycles. The standard InChI is InChI=1S/C20H20F2N2O2/c21-15-7-5-13(19(25)9-15)11-23-17-3-1-2-4-18(17)24-12-14-6-8-16(22)10-20(14)26/h5-12,17-18,25-26H,1-4H2/t17-,18-/m0/s1. The molecule has 0 unspecified atom stereocenters. The second kappa shape index (κ2) is 8.08.